The molecule has 0 radical (unpaired) electrons. The number of halogens is 3. The minimum absolute atomic E-state index is 0.192. The zero-order valence-corrected chi connectivity index (χ0v) is 15.9. The predicted octanol–water partition coefficient (Wildman–Crippen LogP) is 2.10. The van der Waals surface area contributed by atoms with Crippen LogP contribution in [-0.4, -0.2) is 66.8 Å². The summed E-state index contributed by atoms with van der Waals surface area (Å²) in [5.74, 6) is 0.331. The molecule has 10 heteroatoms. The summed E-state index contributed by atoms with van der Waals surface area (Å²) in [5, 5.41) is 2.74. The Morgan fingerprint density at radius 3 is 2.45 bits per heavy atom. The van der Waals surface area contributed by atoms with Gasteiger partial charge >= 0.3 is 6.18 Å². The minimum Gasteiger partial charge on any atom is -0.468 e. The molecule has 3 heterocycles. The summed E-state index contributed by atoms with van der Waals surface area (Å²) < 4.78 is 40.9. The van der Waals surface area contributed by atoms with E-state index in [4.69, 9.17) is 0 Å². The average molecular weight is 409 g/mol. The molecule has 7 nitrogen and oxygen atoms in total. The summed E-state index contributed by atoms with van der Waals surface area (Å²) in [6.45, 7) is 2.69. The van der Waals surface area contributed by atoms with Crippen molar-refractivity contribution in [3.63, 3.8) is 0 Å². The van der Waals surface area contributed by atoms with Crippen LogP contribution in [0.15, 0.2) is 36.7 Å². The first-order chi connectivity index (χ1) is 13.8. The van der Waals surface area contributed by atoms with Crippen molar-refractivity contribution in [3.8, 4) is 5.88 Å². The quantitative estimate of drug-likeness (QED) is 0.788. The van der Waals surface area contributed by atoms with Gasteiger partial charge in [-0.1, -0.05) is 6.07 Å². The second kappa shape index (κ2) is 9.08. The largest absolute Gasteiger partial charge is 0.468 e. The smallest absolute Gasteiger partial charge is 0.422 e. The summed E-state index contributed by atoms with van der Waals surface area (Å²) in [4.78, 5) is 24.9. The molecule has 29 heavy (non-hydrogen) atoms. The van der Waals surface area contributed by atoms with E-state index in [1.165, 1.54) is 18.3 Å². The number of amides is 1. The molecule has 0 aromatic carbocycles. The monoisotopic (exact) mass is 409 g/mol. The lowest BCUT2D eigenvalue weighted by atomic mass is 10.2. The number of hydrogen-bond donors (Lipinski definition) is 1. The highest BCUT2D eigenvalue weighted by Crippen LogP contribution is 2.17. The molecule has 2 aromatic rings. The highest BCUT2D eigenvalue weighted by atomic mass is 19.4. The number of hydrogen-bond acceptors (Lipinski definition) is 6. The van der Waals surface area contributed by atoms with Crippen LogP contribution >= 0.6 is 0 Å². The van der Waals surface area contributed by atoms with Gasteiger partial charge in [-0.05, 0) is 24.7 Å². The maximum Gasteiger partial charge on any atom is 0.422 e. The standard InChI is InChI=1S/C19H22F3N5O2/c1-26-6-8-27(9-7-26)16-4-2-14(10-23-16)11-25-18(28)15-3-5-17(24-12-15)29-13-19(20,21)22/h2-5,10,12H,6-9,11,13H2,1H3,(H,25,28). The third kappa shape index (κ3) is 6.31. The number of aromatic nitrogens is 2. The van der Waals surface area contributed by atoms with E-state index in [0.29, 0.717) is 0 Å². The molecule has 0 atom stereocenters. The van der Waals surface area contributed by atoms with E-state index in [-0.39, 0.29) is 23.9 Å². The summed E-state index contributed by atoms with van der Waals surface area (Å²) >= 11 is 0. The minimum atomic E-state index is -4.44. The molecule has 3 rings (SSSR count). The van der Waals surface area contributed by atoms with Gasteiger partial charge in [0.15, 0.2) is 6.61 Å². The molecule has 1 N–H and O–H groups in total. The van der Waals surface area contributed by atoms with Gasteiger partial charge in [-0.3, -0.25) is 4.79 Å². The SMILES string of the molecule is CN1CCN(c2ccc(CNC(=O)c3ccc(OCC(F)(F)F)nc3)cn2)CC1. The first-order valence-electron chi connectivity index (χ1n) is 9.12. The van der Waals surface area contributed by atoms with Crippen molar-refractivity contribution in [2.24, 2.45) is 0 Å². The Hall–Kier alpha value is -2.88. The summed E-state index contributed by atoms with van der Waals surface area (Å²) in [6.07, 6.45) is -1.54. The van der Waals surface area contributed by atoms with Gasteiger partial charge in [-0.15, -0.1) is 0 Å². The number of carbonyl (C=O) groups is 1. The van der Waals surface area contributed by atoms with E-state index in [9.17, 15) is 18.0 Å². The lowest BCUT2D eigenvalue weighted by Crippen LogP contribution is -2.44. The Labute approximate surface area is 166 Å². The molecule has 0 saturated carbocycles. The lowest BCUT2D eigenvalue weighted by Gasteiger charge is -2.33. The van der Waals surface area contributed by atoms with E-state index < -0.39 is 12.8 Å². The predicted molar refractivity (Wildman–Crippen MR) is 101 cm³/mol. The van der Waals surface area contributed by atoms with Crippen LogP contribution in [0.1, 0.15) is 15.9 Å². The molecule has 0 spiro atoms. The number of nitrogens with one attached hydrogen (secondary N) is 1. The van der Waals surface area contributed by atoms with Crippen LogP contribution in [-0.2, 0) is 6.54 Å². The fourth-order valence-corrected chi connectivity index (χ4v) is 2.78. The Kier molecular flexibility index (Phi) is 6.53. The van der Waals surface area contributed by atoms with Gasteiger partial charge in [-0.2, -0.15) is 13.2 Å². The van der Waals surface area contributed by atoms with Crippen molar-refractivity contribution in [1.29, 1.82) is 0 Å². The Balaban J connectivity index is 1.48. The Bertz CT molecular complexity index is 804. The molecule has 1 amide bonds. The van der Waals surface area contributed by atoms with Gasteiger partial charge in [0.1, 0.15) is 5.82 Å². The fraction of sp³-hybridized carbons (Fsp3) is 0.421. The van der Waals surface area contributed by atoms with Crippen molar-refractivity contribution in [2.45, 2.75) is 12.7 Å². The summed E-state index contributed by atoms with van der Waals surface area (Å²) in [5.41, 5.74) is 1.07. The number of pyridine rings is 2. The first kappa shape index (κ1) is 20.8. The molecule has 1 aliphatic heterocycles. The van der Waals surface area contributed by atoms with Crippen LogP contribution in [0, 0.1) is 0 Å². The second-order valence-electron chi connectivity index (χ2n) is 6.79. The van der Waals surface area contributed by atoms with Gasteiger partial charge in [0.05, 0.1) is 5.56 Å². The number of anilines is 1. The van der Waals surface area contributed by atoms with Crippen molar-refractivity contribution < 1.29 is 22.7 Å². The number of rotatable bonds is 6. The summed E-state index contributed by atoms with van der Waals surface area (Å²) in [7, 11) is 2.09. The Morgan fingerprint density at radius 2 is 1.86 bits per heavy atom. The second-order valence-corrected chi connectivity index (χ2v) is 6.79. The van der Waals surface area contributed by atoms with Crippen molar-refractivity contribution in [3.05, 3.63) is 47.8 Å². The number of nitrogens with zero attached hydrogens (tertiary/aromatic N) is 4. The van der Waals surface area contributed by atoms with E-state index in [1.54, 1.807) is 6.20 Å². The van der Waals surface area contributed by atoms with Crippen LogP contribution in [0.5, 0.6) is 5.88 Å². The highest BCUT2D eigenvalue weighted by Gasteiger charge is 2.28. The van der Waals surface area contributed by atoms with E-state index in [1.807, 2.05) is 12.1 Å². The van der Waals surface area contributed by atoms with Gasteiger partial charge < -0.3 is 19.9 Å². The third-order valence-corrected chi connectivity index (χ3v) is 4.47. The number of ether oxygens (including phenoxy) is 1. The zero-order valence-electron chi connectivity index (χ0n) is 15.9. The molecule has 0 aliphatic carbocycles. The van der Waals surface area contributed by atoms with Crippen LogP contribution < -0.4 is 15.0 Å². The van der Waals surface area contributed by atoms with Crippen LogP contribution in [0.4, 0.5) is 19.0 Å². The topological polar surface area (TPSA) is 70.6 Å². The lowest BCUT2D eigenvalue weighted by molar-refractivity contribution is -0.154. The maximum atomic E-state index is 12.2. The third-order valence-electron chi connectivity index (χ3n) is 4.47. The summed E-state index contributed by atoms with van der Waals surface area (Å²) in [6, 6.07) is 6.43. The normalized spacial score (nSPS) is 15.2. The van der Waals surface area contributed by atoms with Crippen molar-refractivity contribution >= 4 is 11.7 Å². The molecule has 0 bridgehead atoms. The van der Waals surface area contributed by atoms with Gasteiger partial charge in [-0.25, -0.2) is 9.97 Å². The number of alkyl halides is 3. The molecule has 2 aromatic heterocycles. The molecule has 1 saturated heterocycles. The number of piperazine rings is 1. The molecule has 1 aliphatic rings. The maximum absolute atomic E-state index is 12.2. The van der Waals surface area contributed by atoms with Gasteiger partial charge in [0.2, 0.25) is 5.88 Å². The first-order valence-corrected chi connectivity index (χ1v) is 9.12. The average Bonchev–Trinajstić information content (AvgIpc) is 2.71. The molecular formula is C19H22F3N5O2. The van der Waals surface area contributed by atoms with E-state index >= 15 is 0 Å². The van der Waals surface area contributed by atoms with Crippen molar-refractivity contribution in [2.75, 3.05) is 44.7 Å². The van der Waals surface area contributed by atoms with Crippen LogP contribution in [0.2, 0.25) is 0 Å². The number of likely N-dealkylation sites (N-methyl/N-ethyl adjacent to an activating group) is 1. The number of carbonyl (C=O) groups excluding carboxylic acids is 1. The molecule has 1 fully saturated rings. The van der Waals surface area contributed by atoms with Crippen LogP contribution in [0.25, 0.3) is 0 Å². The van der Waals surface area contributed by atoms with Crippen molar-refractivity contribution in [1.82, 2.24) is 20.2 Å². The highest BCUT2D eigenvalue weighted by molar-refractivity contribution is 5.93. The van der Waals surface area contributed by atoms with E-state index in [0.717, 1.165) is 37.6 Å². The molecule has 0 unspecified atom stereocenters. The van der Waals surface area contributed by atoms with Crippen LogP contribution in [0.3, 0.4) is 0 Å². The van der Waals surface area contributed by atoms with E-state index in [2.05, 4.69) is 36.9 Å². The van der Waals surface area contributed by atoms with Gasteiger partial charge in [0, 0.05) is 51.2 Å². The Morgan fingerprint density at radius 1 is 1.10 bits per heavy atom. The molecule has 156 valence electrons. The zero-order chi connectivity index (χ0) is 20.9. The van der Waals surface area contributed by atoms with Gasteiger partial charge in [0.25, 0.3) is 5.91 Å². The molecular weight excluding hydrogens is 387 g/mol. The fourth-order valence-electron chi connectivity index (χ4n) is 2.78.